The average molecular weight is 760 g/mol. The standard InChI is InChI=1S/C40H73NO12/c1-2-3-4-5-6-7-8-9-10-11-12-13-14-15-16-17-40(44)53-37-36-52-35-34-51-33-32-50-31-30-49-29-28-48-27-26-47-25-24-46-23-22-45-21-20-41-38(42)18-19-39(41)43/h18-19H,2-17,20-37H2,1H3. The molecule has 1 rings (SSSR count). The van der Waals surface area contributed by atoms with E-state index in [2.05, 4.69) is 6.92 Å². The second kappa shape index (κ2) is 39.7. The number of rotatable bonds is 43. The number of hydrogen-bond donors (Lipinski definition) is 0. The van der Waals surface area contributed by atoms with Gasteiger partial charge in [-0.3, -0.25) is 19.3 Å². The minimum absolute atomic E-state index is 0.137. The van der Waals surface area contributed by atoms with Crippen LogP contribution in [-0.4, -0.2) is 142 Å². The molecule has 0 aromatic carbocycles. The fraction of sp³-hybridized carbons (Fsp3) is 0.875. The van der Waals surface area contributed by atoms with Crippen LogP contribution in [0.5, 0.6) is 0 Å². The van der Waals surface area contributed by atoms with Crippen molar-refractivity contribution in [1.29, 1.82) is 0 Å². The number of nitrogens with zero attached hydrogens (tertiary/aromatic N) is 1. The highest BCUT2D eigenvalue weighted by molar-refractivity contribution is 6.12. The molecule has 310 valence electrons. The van der Waals surface area contributed by atoms with Gasteiger partial charge in [-0.15, -0.1) is 0 Å². The molecule has 0 atom stereocenters. The molecule has 0 N–H and O–H groups in total. The predicted molar refractivity (Wildman–Crippen MR) is 203 cm³/mol. The van der Waals surface area contributed by atoms with Gasteiger partial charge < -0.3 is 42.6 Å². The minimum atomic E-state index is -0.306. The van der Waals surface area contributed by atoms with Gasteiger partial charge in [-0.25, -0.2) is 0 Å². The molecule has 1 heterocycles. The topological polar surface area (TPSA) is 138 Å². The van der Waals surface area contributed by atoms with E-state index in [0.29, 0.717) is 106 Å². The lowest BCUT2D eigenvalue weighted by molar-refractivity contribution is -0.145. The summed E-state index contributed by atoms with van der Waals surface area (Å²) in [5.74, 6) is -0.750. The van der Waals surface area contributed by atoms with Crippen LogP contribution in [0.25, 0.3) is 0 Å². The molecule has 2 amide bonds. The summed E-state index contributed by atoms with van der Waals surface area (Å²) in [7, 11) is 0. The van der Waals surface area contributed by atoms with Crippen LogP contribution < -0.4 is 0 Å². The fourth-order valence-corrected chi connectivity index (χ4v) is 5.38. The SMILES string of the molecule is CCCCCCCCCCCCCCCCCC(=O)OCCOCCOCCOCCOCCOCCOCCOCCOCCN1C(=O)C=CC1=O. The number of esters is 1. The Bertz CT molecular complexity index is 857. The summed E-state index contributed by atoms with van der Waals surface area (Å²) >= 11 is 0. The lowest BCUT2D eigenvalue weighted by atomic mass is 10.0. The maximum Gasteiger partial charge on any atom is 0.305 e. The maximum atomic E-state index is 11.9. The zero-order valence-corrected chi connectivity index (χ0v) is 33.0. The third-order valence-corrected chi connectivity index (χ3v) is 8.44. The van der Waals surface area contributed by atoms with Gasteiger partial charge in [0.05, 0.1) is 112 Å². The zero-order valence-electron chi connectivity index (χ0n) is 33.0. The van der Waals surface area contributed by atoms with Gasteiger partial charge in [0.15, 0.2) is 0 Å². The molecule has 0 spiro atoms. The number of carbonyl (C=O) groups is 3. The van der Waals surface area contributed by atoms with E-state index in [0.717, 1.165) is 17.7 Å². The van der Waals surface area contributed by atoms with Crippen LogP contribution in [0.3, 0.4) is 0 Å². The lowest BCUT2D eigenvalue weighted by Crippen LogP contribution is -2.33. The summed E-state index contributed by atoms with van der Waals surface area (Å²) in [5, 5.41) is 0. The van der Waals surface area contributed by atoms with Gasteiger partial charge in [0.2, 0.25) is 0 Å². The van der Waals surface area contributed by atoms with E-state index in [1.54, 1.807) is 0 Å². The van der Waals surface area contributed by atoms with Crippen molar-refractivity contribution in [2.24, 2.45) is 0 Å². The van der Waals surface area contributed by atoms with E-state index in [9.17, 15) is 14.4 Å². The normalized spacial score (nSPS) is 12.8. The van der Waals surface area contributed by atoms with E-state index >= 15 is 0 Å². The summed E-state index contributed by atoms with van der Waals surface area (Å²) in [4.78, 5) is 35.9. The molecule has 0 fully saturated rings. The third kappa shape index (κ3) is 34.3. The smallest absolute Gasteiger partial charge is 0.305 e. The summed E-state index contributed by atoms with van der Waals surface area (Å²) in [6.07, 6.45) is 22.7. The Balaban J connectivity index is 1.65. The van der Waals surface area contributed by atoms with Crippen LogP contribution in [0, 0.1) is 0 Å². The monoisotopic (exact) mass is 760 g/mol. The summed E-state index contributed by atoms with van der Waals surface area (Å²) in [6.45, 7) is 9.83. The van der Waals surface area contributed by atoms with Gasteiger partial charge in [0, 0.05) is 18.6 Å². The third-order valence-electron chi connectivity index (χ3n) is 8.44. The highest BCUT2D eigenvalue weighted by Crippen LogP contribution is 2.14. The number of amides is 2. The predicted octanol–water partition coefficient (Wildman–Crippen LogP) is 5.85. The molecule has 0 unspecified atom stereocenters. The molecule has 1 aliphatic rings. The Labute approximate surface area is 320 Å². The summed E-state index contributed by atoms with van der Waals surface area (Å²) < 4.78 is 48.9. The van der Waals surface area contributed by atoms with Crippen LogP contribution in [-0.2, 0) is 57.0 Å². The molecule has 0 radical (unpaired) electrons. The van der Waals surface area contributed by atoms with Crippen molar-refractivity contribution < 1.29 is 57.0 Å². The van der Waals surface area contributed by atoms with Crippen molar-refractivity contribution in [3.63, 3.8) is 0 Å². The molecular formula is C40H73NO12. The quantitative estimate of drug-likeness (QED) is 0.0419. The number of carbonyl (C=O) groups excluding carboxylic acids is 3. The Kier molecular flexibility index (Phi) is 36.8. The zero-order chi connectivity index (χ0) is 38.1. The van der Waals surface area contributed by atoms with Crippen LogP contribution in [0.15, 0.2) is 12.2 Å². The summed E-state index contributed by atoms with van der Waals surface area (Å²) in [6, 6.07) is 0. The van der Waals surface area contributed by atoms with E-state index in [-0.39, 0.29) is 37.5 Å². The fourth-order valence-electron chi connectivity index (χ4n) is 5.38. The Morgan fingerprint density at radius 3 is 1.04 bits per heavy atom. The highest BCUT2D eigenvalue weighted by Gasteiger charge is 2.22. The van der Waals surface area contributed by atoms with Crippen molar-refractivity contribution >= 4 is 17.8 Å². The van der Waals surface area contributed by atoms with E-state index in [4.69, 9.17) is 42.6 Å². The van der Waals surface area contributed by atoms with Gasteiger partial charge >= 0.3 is 5.97 Å². The molecule has 13 nitrogen and oxygen atoms in total. The first kappa shape index (κ1) is 49.0. The number of ether oxygens (including phenoxy) is 9. The minimum Gasteiger partial charge on any atom is -0.463 e. The van der Waals surface area contributed by atoms with Crippen molar-refractivity contribution in [2.75, 3.05) is 119 Å². The first-order chi connectivity index (χ1) is 26.1. The molecule has 0 aliphatic carbocycles. The first-order valence-electron chi connectivity index (χ1n) is 20.5. The lowest BCUT2D eigenvalue weighted by Gasteiger charge is -2.13. The van der Waals surface area contributed by atoms with E-state index in [1.807, 2.05) is 0 Å². The highest BCUT2D eigenvalue weighted by atomic mass is 16.6. The first-order valence-corrected chi connectivity index (χ1v) is 20.5. The molecule has 0 aromatic rings. The van der Waals surface area contributed by atoms with Crippen molar-refractivity contribution in [2.45, 2.75) is 110 Å². The van der Waals surface area contributed by atoms with E-state index < -0.39 is 0 Å². The Morgan fingerprint density at radius 1 is 0.415 bits per heavy atom. The average Bonchev–Trinajstić information content (AvgIpc) is 3.48. The number of hydrogen-bond acceptors (Lipinski definition) is 12. The molecule has 0 aromatic heterocycles. The molecule has 0 saturated carbocycles. The molecular weight excluding hydrogens is 686 g/mol. The van der Waals surface area contributed by atoms with E-state index in [1.165, 1.54) is 95.6 Å². The Hall–Kier alpha value is -1.97. The summed E-state index contributed by atoms with van der Waals surface area (Å²) in [5.41, 5.74) is 0. The molecule has 1 aliphatic heterocycles. The van der Waals surface area contributed by atoms with Crippen molar-refractivity contribution in [3.05, 3.63) is 12.2 Å². The molecule has 0 saturated heterocycles. The van der Waals surface area contributed by atoms with Crippen molar-refractivity contribution in [1.82, 2.24) is 4.90 Å². The Morgan fingerprint density at radius 2 is 0.698 bits per heavy atom. The molecule has 13 heteroatoms. The van der Waals surface area contributed by atoms with Crippen molar-refractivity contribution in [3.8, 4) is 0 Å². The maximum absolute atomic E-state index is 11.9. The van der Waals surface area contributed by atoms with Crippen LogP contribution in [0.1, 0.15) is 110 Å². The molecule has 0 bridgehead atoms. The second-order valence-electron chi connectivity index (χ2n) is 13.0. The van der Waals surface area contributed by atoms with Gasteiger partial charge in [-0.1, -0.05) is 96.8 Å². The largest absolute Gasteiger partial charge is 0.463 e. The van der Waals surface area contributed by atoms with Gasteiger partial charge in [0.1, 0.15) is 6.61 Å². The van der Waals surface area contributed by atoms with Gasteiger partial charge in [-0.05, 0) is 6.42 Å². The second-order valence-corrected chi connectivity index (χ2v) is 13.0. The number of imide groups is 1. The van der Waals surface area contributed by atoms with Crippen LogP contribution >= 0.6 is 0 Å². The van der Waals surface area contributed by atoms with Gasteiger partial charge in [-0.2, -0.15) is 0 Å². The van der Waals surface area contributed by atoms with Crippen LogP contribution in [0.2, 0.25) is 0 Å². The number of unbranched alkanes of at least 4 members (excludes halogenated alkanes) is 14. The van der Waals surface area contributed by atoms with Crippen LogP contribution in [0.4, 0.5) is 0 Å². The van der Waals surface area contributed by atoms with Gasteiger partial charge in [0.25, 0.3) is 11.8 Å². The molecule has 53 heavy (non-hydrogen) atoms.